The van der Waals surface area contributed by atoms with Crippen molar-refractivity contribution < 1.29 is 9.76 Å². The molecule has 3 unspecified atom stereocenters. The third-order valence-electron chi connectivity index (χ3n) is 3.80. The molecular weight excluding hydrogens is 239 g/mol. The summed E-state index contributed by atoms with van der Waals surface area (Å²) in [4.78, 5) is 0. The van der Waals surface area contributed by atoms with Gasteiger partial charge in [-0.3, -0.25) is 0 Å². The average molecular weight is 262 g/mol. The molecule has 0 spiro atoms. The highest BCUT2D eigenvalue weighted by Crippen LogP contribution is 2.27. The SMILES string of the molecule is C=CC(N)CCC1=CB2OC(CC(=C)O)CCC2N1. The lowest BCUT2D eigenvalue weighted by molar-refractivity contribution is 0.148. The number of hydrogen-bond acceptors (Lipinski definition) is 4. The molecule has 0 amide bonds. The van der Waals surface area contributed by atoms with E-state index in [0.29, 0.717) is 12.4 Å². The second kappa shape index (κ2) is 6.30. The van der Waals surface area contributed by atoms with Gasteiger partial charge in [0, 0.05) is 30.2 Å². The molecular formula is C14H23BN2O2. The number of rotatable bonds is 6. The fourth-order valence-corrected chi connectivity index (χ4v) is 2.72. The molecule has 104 valence electrons. The van der Waals surface area contributed by atoms with Gasteiger partial charge in [0.05, 0.1) is 5.76 Å². The Bertz CT molecular complexity index is 384. The van der Waals surface area contributed by atoms with Gasteiger partial charge in [0.2, 0.25) is 0 Å². The van der Waals surface area contributed by atoms with E-state index in [2.05, 4.69) is 24.5 Å². The second-order valence-corrected chi connectivity index (χ2v) is 5.45. The van der Waals surface area contributed by atoms with Gasteiger partial charge in [-0.25, -0.2) is 0 Å². The van der Waals surface area contributed by atoms with E-state index in [-0.39, 0.29) is 24.8 Å². The summed E-state index contributed by atoms with van der Waals surface area (Å²) in [6, 6.07) is 0.0525. The summed E-state index contributed by atoms with van der Waals surface area (Å²) in [5, 5.41) is 12.7. The lowest BCUT2D eigenvalue weighted by Crippen LogP contribution is -2.44. The Balaban J connectivity index is 1.84. The molecule has 2 aliphatic heterocycles. The molecule has 0 radical (unpaired) electrons. The lowest BCUT2D eigenvalue weighted by atomic mass is 9.58. The van der Waals surface area contributed by atoms with Crippen molar-refractivity contribution in [2.45, 2.75) is 50.2 Å². The minimum atomic E-state index is 0.0525. The van der Waals surface area contributed by atoms with Gasteiger partial charge < -0.3 is 20.8 Å². The number of allylic oxidation sites excluding steroid dienone is 1. The quantitative estimate of drug-likeness (QED) is 0.388. The first kappa shape index (κ1) is 14.2. The molecule has 0 aromatic rings. The Morgan fingerprint density at radius 2 is 2.47 bits per heavy atom. The maximum absolute atomic E-state index is 9.24. The normalized spacial score (nSPS) is 27.2. The minimum absolute atomic E-state index is 0.0525. The second-order valence-electron chi connectivity index (χ2n) is 5.45. The third-order valence-corrected chi connectivity index (χ3v) is 3.80. The molecule has 3 atom stereocenters. The summed E-state index contributed by atoms with van der Waals surface area (Å²) in [5.41, 5.74) is 7.05. The number of fused-ring (bicyclic) bond motifs is 1. The van der Waals surface area contributed by atoms with Crippen molar-refractivity contribution in [3.05, 3.63) is 36.7 Å². The van der Waals surface area contributed by atoms with Crippen LogP contribution in [-0.2, 0) is 4.65 Å². The topological polar surface area (TPSA) is 67.5 Å². The number of aliphatic hydroxyl groups excluding tert-OH is 1. The van der Waals surface area contributed by atoms with Crippen LogP contribution in [0.1, 0.15) is 32.1 Å². The zero-order valence-electron chi connectivity index (χ0n) is 11.3. The molecule has 4 nitrogen and oxygen atoms in total. The van der Waals surface area contributed by atoms with Gasteiger partial charge in [-0.05, 0) is 25.7 Å². The van der Waals surface area contributed by atoms with Crippen LogP contribution >= 0.6 is 0 Å². The van der Waals surface area contributed by atoms with Crippen molar-refractivity contribution in [2.24, 2.45) is 5.73 Å². The van der Waals surface area contributed by atoms with E-state index in [9.17, 15) is 5.11 Å². The Morgan fingerprint density at radius 3 is 3.16 bits per heavy atom. The van der Waals surface area contributed by atoms with Crippen LogP contribution in [-0.4, -0.2) is 30.1 Å². The fraction of sp³-hybridized carbons (Fsp3) is 0.571. The Hall–Kier alpha value is -1.20. The van der Waals surface area contributed by atoms with Crippen molar-refractivity contribution in [1.29, 1.82) is 0 Å². The summed E-state index contributed by atoms with van der Waals surface area (Å²) in [5.74, 6) is 2.74. The molecule has 2 aliphatic rings. The van der Waals surface area contributed by atoms with Gasteiger partial charge in [-0.1, -0.05) is 18.6 Å². The summed E-state index contributed by atoms with van der Waals surface area (Å²) >= 11 is 0. The zero-order valence-corrected chi connectivity index (χ0v) is 11.3. The van der Waals surface area contributed by atoms with Gasteiger partial charge in [-0.2, -0.15) is 0 Å². The van der Waals surface area contributed by atoms with E-state index in [4.69, 9.17) is 10.4 Å². The smallest absolute Gasteiger partial charge is 0.344 e. The summed E-state index contributed by atoms with van der Waals surface area (Å²) in [7, 11) is 0. The number of aliphatic hydroxyl groups is 1. The lowest BCUT2D eigenvalue weighted by Gasteiger charge is -2.30. The Morgan fingerprint density at radius 1 is 1.68 bits per heavy atom. The molecule has 0 aromatic heterocycles. The van der Waals surface area contributed by atoms with Crippen LogP contribution in [0, 0.1) is 0 Å². The largest absolute Gasteiger partial charge is 0.513 e. The van der Waals surface area contributed by atoms with Gasteiger partial charge in [0.25, 0.3) is 0 Å². The van der Waals surface area contributed by atoms with E-state index in [1.807, 2.05) is 0 Å². The maximum atomic E-state index is 9.24. The van der Waals surface area contributed by atoms with Gasteiger partial charge >= 0.3 is 6.92 Å². The van der Waals surface area contributed by atoms with Crippen molar-refractivity contribution in [1.82, 2.24) is 5.32 Å². The molecule has 2 rings (SSSR count). The summed E-state index contributed by atoms with van der Waals surface area (Å²) < 4.78 is 5.97. The summed E-state index contributed by atoms with van der Waals surface area (Å²) in [6.07, 6.45) is 6.26. The standard InChI is InChI=1S/C14H23BN2O2/c1-3-11(16)4-5-12-9-15-14(17-12)7-6-13(19-15)8-10(2)18/h3,9,11,13-14,17-18H,1-2,4-8,16H2. The van der Waals surface area contributed by atoms with Crippen LogP contribution in [0.3, 0.4) is 0 Å². The molecule has 0 bridgehead atoms. The van der Waals surface area contributed by atoms with Gasteiger partial charge in [0.1, 0.15) is 0 Å². The van der Waals surface area contributed by atoms with Gasteiger partial charge in [0.15, 0.2) is 0 Å². The van der Waals surface area contributed by atoms with Crippen LogP contribution in [0.25, 0.3) is 0 Å². The van der Waals surface area contributed by atoms with Crippen LogP contribution in [0.5, 0.6) is 0 Å². The molecule has 0 saturated carbocycles. The predicted molar refractivity (Wildman–Crippen MR) is 78.7 cm³/mol. The number of hydrogen-bond donors (Lipinski definition) is 3. The number of nitrogens with one attached hydrogen (secondary N) is 1. The van der Waals surface area contributed by atoms with Crippen LogP contribution in [0.4, 0.5) is 0 Å². The van der Waals surface area contributed by atoms with E-state index in [1.165, 1.54) is 5.70 Å². The molecule has 1 fully saturated rings. The molecule has 2 heterocycles. The zero-order chi connectivity index (χ0) is 13.8. The van der Waals surface area contributed by atoms with Crippen molar-refractivity contribution >= 4 is 6.92 Å². The van der Waals surface area contributed by atoms with Crippen molar-refractivity contribution in [3.8, 4) is 0 Å². The van der Waals surface area contributed by atoms with Crippen LogP contribution in [0.15, 0.2) is 36.7 Å². The maximum Gasteiger partial charge on any atom is 0.344 e. The predicted octanol–water partition coefficient (Wildman–Crippen LogP) is 1.85. The minimum Gasteiger partial charge on any atom is -0.513 e. The monoisotopic (exact) mass is 262 g/mol. The molecule has 0 aromatic carbocycles. The first-order valence-corrected chi connectivity index (χ1v) is 6.96. The number of nitrogens with two attached hydrogens (primary N) is 1. The molecule has 4 N–H and O–H groups in total. The first-order valence-electron chi connectivity index (χ1n) is 6.96. The Kier molecular flexibility index (Phi) is 4.72. The van der Waals surface area contributed by atoms with E-state index in [1.54, 1.807) is 6.08 Å². The molecule has 5 heteroatoms. The molecule has 1 saturated heterocycles. The van der Waals surface area contributed by atoms with E-state index in [0.717, 1.165) is 25.7 Å². The van der Waals surface area contributed by atoms with E-state index >= 15 is 0 Å². The Labute approximate surface area is 115 Å². The first-order chi connectivity index (χ1) is 9.08. The van der Waals surface area contributed by atoms with Crippen molar-refractivity contribution in [3.63, 3.8) is 0 Å². The highest BCUT2D eigenvalue weighted by molar-refractivity contribution is 6.60. The average Bonchev–Trinajstić information content (AvgIpc) is 2.77. The van der Waals surface area contributed by atoms with Crippen molar-refractivity contribution in [2.75, 3.05) is 0 Å². The highest BCUT2D eigenvalue weighted by atomic mass is 16.4. The fourth-order valence-electron chi connectivity index (χ4n) is 2.72. The third kappa shape index (κ3) is 3.88. The van der Waals surface area contributed by atoms with Crippen LogP contribution < -0.4 is 11.1 Å². The van der Waals surface area contributed by atoms with Crippen LogP contribution in [0.2, 0.25) is 0 Å². The molecule has 0 aliphatic carbocycles. The summed E-state index contributed by atoms with van der Waals surface area (Å²) in [6.45, 7) is 7.34. The van der Waals surface area contributed by atoms with E-state index < -0.39 is 0 Å². The highest BCUT2D eigenvalue weighted by Gasteiger charge is 2.38. The molecule has 19 heavy (non-hydrogen) atoms. The van der Waals surface area contributed by atoms with Gasteiger partial charge in [-0.15, -0.1) is 6.58 Å².